The molecule has 0 bridgehead atoms. The molecular weight excluding hydrogens is 314 g/mol. The van der Waals surface area contributed by atoms with E-state index in [9.17, 15) is 18.4 Å². The Labute approximate surface area is 140 Å². The van der Waals surface area contributed by atoms with Gasteiger partial charge in [-0.1, -0.05) is 30.3 Å². The summed E-state index contributed by atoms with van der Waals surface area (Å²) in [4.78, 5) is 27.4. The molecule has 0 aliphatic carbocycles. The zero-order valence-electron chi connectivity index (χ0n) is 13.6. The molecule has 0 saturated carbocycles. The summed E-state index contributed by atoms with van der Waals surface area (Å²) >= 11 is 0. The van der Waals surface area contributed by atoms with E-state index in [2.05, 4.69) is 0 Å². The Kier molecular flexibility index (Phi) is 4.83. The normalized spacial score (nSPS) is 23.6. The molecule has 1 aromatic rings. The van der Waals surface area contributed by atoms with Gasteiger partial charge in [0, 0.05) is 38.9 Å². The Morgan fingerprint density at radius 3 is 2.50 bits per heavy atom. The van der Waals surface area contributed by atoms with Gasteiger partial charge < -0.3 is 9.80 Å². The summed E-state index contributed by atoms with van der Waals surface area (Å²) in [5.41, 5.74) is 1.18. The van der Waals surface area contributed by atoms with Crippen molar-refractivity contribution in [1.82, 2.24) is 9.80 Å². The molecular formula is C18H22F2N2O2. The number of piperidine rings is 1. The van der Waals surface area contributed by atoms with E-state index in [4.69, 9.17) is 0 Å². The fraction of sp³-hybridized carbons (Fsp3) is 0.556. The fourth-order valence-corrected chi connectivity index (χ4v) is 3.44. The van der Waals surface area contributed by atoms with Crippen LogP contribution >= 0.6 is 0 Å². The summed E-state index contributed by atoms with van der Waals surface area (Å²) in [6.07, 6.45) is 0.681. The molecule has 4 nitrogen and oxygen atoms in total. The molecule has 3 rings (SSSR count). The Morgan fingerprint density at radius 2 is 1.83 bits per heavy atom. The quantitative estimate of drug-likeness (QED) is 0.847. The highest BCUT2D eigenvalue weighted by atomic mass is 19.3. The van der Waals surface area contributed by atoms with Gasteiger partial charge in [0.2, 0.25) is 11.8 Å². The van der Waals surface area contributed by atoms with Gasteiger partial charge in [-0.3, -0.25) is 9.59 Å². The maximum atomic E-state index is 13.2. The Hall–Kier alpha value is -1.98. The number of carbonyl (C=O) groups is 2. The van der Waals surface area contributed by atoms with E-state index in [-0.39, 0.29) is 50.2 Å². The predicted molar refractivity (Wildman–Crippen MR) is 85.6 cm³/mol. The van der Waals surface area contributed by atoms with Crippen molar-refractivity contribution < 1.29 is 18.4 Å². The molecule has 2 saturated heterocycles. The minimum Gasteiger partial charge on any atom is -0.341 e. The first-order valence-corrected chi connectivity index (χ1v) is 8.40. The lowest BCUT2D eigenvalue weighted by Crippen LogP contribution is -2.47. The van der Waals surface area contributed by atoms with Crippen LogP contribution in [0.15, 0.2) is 30.3 Å². The number of alkyl halides is 2. The third-order valence-electron chi connectivity index (χ3n) is 4.84. The summed E-state index contributed by atoms with van der Waals surface area (Å²) < 4.78 is 26.3. The van der Waals surface area contributed by atoms with Crippen LogP contribution in [-0.4, -0.2) is 53.7 Å². The van der Waals surface area contributed by atoms with E-state index in [1.807, 2.05) is 30.3 Å². The maximum absolute atomic E-state index is 13.2. The average Bonchev–Trinajstić information content (AvgIpc) is 2.87. The number of halogens is 2. The van der Waals surface area contributed by atoms with Crippen molar-refractivity contribution in [2.75, 3.05) is 26.2 Å². The number of carbonyl (C=O) groups excluding carboxylic acids is 2. The van der Waals surface area contributed by atoms with Gasteiger partial charge in [0.15, 0.2) is 0 Å². The summed E-state index contributed by atoms with van der Waals surface area (Å²) in [5, 5.41) is 0. The zero-order chi connectivity index (χ0) is 17.2. The number of benzene rings is 1. The van der Waals surface area contributed by atoms with Crippen molar-refractivity contribution in [3.05, 3.63) is 35.9 Å². The summed E-state index contributed by atoms with van der Waals surface area (Å²) in [7, 11) is 0. The molecule has 2 fully saturated rings. The van der Waals surface area contributed by atoms with Gasteiger partial charge in [0.05, 0.1) is 6.54 Å². The van der Waals surface area contributed by atoms with Gasteiger partial charge >= 0.3 is 0 Å². The number of nitrogens with zero attached hydrogens (tertiary/aromatic N) is 2. The minimum atomic E-state index is -2.67. The van der Waals surface area contributed by atoms with Crippen molar-refractivity contribution in [2.45, 2.75) is 31.6 Å². The standard InChI is InChI=1S/C18H22F2N2O2/c19-18(20)6-8-21(9-7-18)17(24)13-22-12-15(11-16(22)23)10-14-4-2-1-3-5-14/h1-5,15H,6-13H2/t15-/m0/s1. The second-order valence-corrected chi connectivity index (χ2v) is 6.77. The lowest BCUT2D eigenvalue weighted by molar-refractivity contribution is -0.142. The molecule has 2 heterocycles. The molecule has 2 aliphatic heterocycles. The van der Waals surface area contributed by atoms with Crippen molar-refractivity contribution in [3.63, 3.8) is 0 Å². The van der Waals surface area contributed by atoms with Crippen LogP contribution in [0.3, 0.4) is 0 Å². The van der Waals surface area contributed by atoms with E-state index in [0.29, 0.717) is 13.0 Å². The predicted octanol–water partition coefficient (Wildman–Crippen LogP) is 2.34. The molecule has 0 unspecified atom stereocenters. The molecule has 0 N–H and O–H groups in total. The first-order chi connectivity index (χ1) is 11.4. The molecule has 0 spiro atoms. The molecule has 1 aromatic carbocycles. The van der Waals surface area contributed by atoms with Crippen LogP contribution in [0.4, 0.5) is 8.78 Å². The lowest BCUT2D eigenvalue weighted by Gasteiger charge is -2.32. The van der Waals surface area contributed by atoms with Crippen LogP contribution in [0.5, 0.6) is 0 Å². The minimum absolute atomic E-state index is 0.00962. The second kappa shape index (κ2) is 6.87. The Morgan fingerprint density at radius 1 is 1.17 bits per heavy atom. The second-order valence-electron chi connectivity index (χ2n) is 6.77. The van der Waals surface area contributed by atoms with Crippen LogP contribution in [0, 0.1) is 5.92 Å². The molecule has 6 heteroatoms. The monoisotopic (exact) mass is 336 g/mol. The SMILES string of the molecule is O=C(CN1C[C@@H](Cc2ccccc2)CC1=O)N1CCC(F)(F)CC1. The lowest BCUT2D eigenvalue weighted by atomic mass is 9.99. The van der Waals surface area contributed by atoms with E-state index >= 15 is 0 Å². The highest BCUT2D eigenvalue weighted by Gasteiger charge is 2.37. The van der Waals surface area contributed by atoms with Gasteiger partial charge in [-0.2, -0.15) is 0 Å². The average molecular weight is 336 g/mol. The zero-order valence-corrected chi connectivity index (χ0v) is 13.6. The summed E-state index contributed by atoms with van der Waals surface area (Å²) in [6, 6.07) is 9.97. The van der Waals surface area contributed by atoms with Crippen molar-refractivity contribution >= 4 is 11.8 Å². The van der Waals surface area contributed by atoms with Gasteiger partial charge in [-0.05, 0) is 17.9 Å². The van der Waals surface area contributed by atoms with Crippen molar-refractivity contribution in [3.8, 4) is 0 Å². The first-order valence-electron chi connectivity index (χ1n) is 8.40. The Bertz CT molecular complexity index is 596. The topological polar surface area (TPSA) is 40.6 Å². The highest BCUT2D eigenvalue weighted by Crippen LogP contribution is 2.28. The van der Waals surface area contributed by atoms with Crippen LogP contribution in [0.25, 0.3) is 0 Å². The van der Waals surface area contributed by atoms with Crippen LogP contribution in [0.2, 0.25) is 0 Å². The third kappa shape index (κ3) is 4.10. The molecule has 24 heavy (non-hydrogen) atoms. The van der Waals surface area contributed by atoms with E-state index in [1.54, 1.807) is 4.90 Å². The molecule has 130 valence electrons. The number of hydrogen-bond donors (Lipinski definition) is 0. The van der Waals surface area contributed by atoms with Crippen molar-refractivity contribution in [2.24, 2.45) is 5.92 Å². The smallest absolute Gasteiger partial charge is 0.251 e. The van der Waals surface area contributed by atoms with Gasteiger partial charge in [0.1, 0.15) is 0 Å². The van der Waals surface area contributed by atoms with Gasteiger partial charge in [-0.15, -0.1) is 0 Å². The van der Waals surface area contributed by atoms with Crippen LogP contribution in [-0.2, 0) is 16.0 Å². The fourth-order valence-electron chi connectivity index (χ4n) is 3.44. The Balaban J connectivity index is 1.50. The summed E-state index contributed by atoms with van der Waals surface area (Å²) in [6.45, 7) is 0.710. The molecule has 2 amide bonds. The highest BCUT2D eigenvalue weighted by molar-refractivity contribution is 5.86. The number of likely N-dealkylation sites (tertiary alicyclic amines) is 2. The number of rotatable bonds is 4. The van der Waals surface area contributed by atoms with E-state index < -0.39 is 5.92 Å². The van der Waals surface area contributed by atoms with Crippen molar-refractivity contribution in [1.29, 1.82) is 0 Å². The van der Waals surface area contributed by atoms with Gasteiger partial charge in [0.25, 0.3) is 5.92 Å². The first kappa shape index (κ1) is 16.9. The number of amides is 2. The molecule has 1 atom stereocenters. The van der Waals surface area contributed by atoms with Gasteiger partial charge in [-0.25, -0.2) is 8.78 Å². The molecule has 0 aromatic heterocycles. The van der Waals surface area contributed by atoms with Crippen LogP contribution in [0.1, 0.15) is 24.8 Å². The van der Waals surface area contributed by atoms with Crippen LogP contribution < -0.4 is 0 Å². The van der Waals surface area contributed by atoms with E-state index in [0.717, 1.165) is 6.42 Å². The summed E-state index contributed by atoms with van der Waals surface area (Å²) in [5.74, 6) is -2.70. The number of hydrogen-bond acceptors (Lipinski definition) is 2. The maximum Gasteiger partial charge on any atom is 0.251 e. The molecule has 0 radical (unpaired) electrons. The van der Waals surface area contributed by atoms with E-state index in [1.165, 1.54) is 10.5 Å². The third-order valence-corrected chi connectivity index (χ3v) is 4.84. The largest absolute Gasteiger partial charge is 0.341 e. The molecule has 2 aliphatic rings.